The van der Waals surface area contributed by atoms with Crippen molar-refractivity contribution in [1.82, 2.24) is 14.9 Å². The molecule has 1 aromatic rings. The topological polar surface area (TPSA) is 29.9 Å². The van der Waals surface area contributed by atoms with Gasteiger partial charge in [0.05, 0.1) is 12.0 Å². The summed E-state index contributed by atoms with van der Waals surface area (Å²) in [6.07, 6.45) is 1.88. The largest absolute Gasteiger partial charge is 0.331 e. The van der Waals surface area contributed by atoms with Gasteiger partial charge in [-0.25, -0.2) is 4.98 Å². The Morgan fingerprint density at radius 2 is 2.60 bits per heavy atom. The van der Waals surface area contributed by atoms with Crippen molar-refractivity contribution in [1.29, 1.82) is 0 Å². The van der Waals surface area contributed by atoms with E-state index in [2.05, 4.69) is 30.8 Å². The van der Waals surface area contributed by atoms with E-state index in [1.54, 1.807) is 0 Å². The minimum atomic E-state index is 0.931. The molecule has 1 aromatic heterocycles. The third-order valence-electron chi connectivity index (χ3n) is 1.72. The Kier molecular flexibility index (Phi) is 1.50. The Balaban J connectivity index is 2.45. The van der Waals surface area contributed by atoms with Crippen molar-refractivity contribution >= 4 is 15.9 Å². The van der Waals surface area contributed by atoms with Gasteiger partial charge in [-0.15, -0.1) is 0 Å². The number of halogens is 1. The van der Waals surface area contributed by atoms with Crippen LogP contribution in [0, 0.1) is 0 Å². The van der Waals surface area contributed by atoms with Gasteiger partial charge in [-0.05, 0) is 15.9 Å². The Hall–Kier alpha value is -0.350. The quantitative estimate of drug-likeness (QED) is 0.672. The predicted molar refractivity (Wildman–Crippen MR) is 41.6 cm³/mol. The van der Waals surface area contributed by atoms with Gasteiger partial charge in [0.25, 0.3) is 0 Å². The van der Waals surface area contributed by atoms with Crippen LogP contribution in [0.1, 0.15) is 5.69 Å². The Bertz CT molecular complexity index is 243. The first kappa shape index (κ1) is 6.37. The van der Waals surface area contributed by atoms with E-state index in [0.717, 1.165) is 24.2 Å². The molecule has 1 aliphatic heterocycles. The molecule has 0 aliphatic carbocycles. The molecule has 3 nitrogen and oxygen atoms in total. The maximum atomic E-state index is 4.14. The molecular weight excluding hydrogens is 194 g/mol. The fourth-order valence-electron chi connectivity index (χ4n) is 1.16. The van der Waals surface area contributed by atoms with Crippen LogP contribution in [0.4, 0.5) is 0 Å². The molecule has 0 radical (unpaired) electrons. The summed E-state index contributed by atoms with van der Waals surface area (Å²) in [4.78, 5) is 4.14. The number of hydrogen-bond donors (Lipinski definition) is 1. The minimum Gasteiger partial charge on any atom is -0.331 e. The average molecular weight is 202 g/mol. The summed E-state index contributed by atoms with van der Waals surface area (Å²) in [5.41, 5.74) is 1.26. The molecular formula is C6H8BrN3. The summed E-state index contributed by atoms with van der Waals surface area (Å²) in [6, 6.07) is 0. The zero-order chi connectivity index (χ0) is 6.97. The van der Waals surface area contributed by atoms with E-state index in [0.29, 0.717) is 0 Å². The fourth-order valence-corrected chi connectivity index (χ4v) is 1.62. The molecule has 0 saturated heterocycles. The van der Waals surface area contributed by atoms with Crippen molar-refractivity contribution in [2.45, 2.75) is 13.1 Å². The molecule has 1 aliphatic rings. The van der Waals surface area contributed by atoms with Crippen LogP contribution in [-0.4, -0.2) is 16.1 Å². The monoisotopic (exact) mass is 201 g/mol. The molecule has 4 heteroatoms. The Morgan fingerprint density at radius 1 is 1.70 bits per heavy atom. The number of fused-ring (bicyclic) bond motifs is 1. The lowest BCUT2D eigenvalue weighted by molar-refractivity contribution is 0.514. The second-order valence-electron chi connectivity index (χ2n) is 2.35. The Morgan fingerprint density at radius 3 is 3.40 bits per heavy atom. The SMILES string of the molecule is Brc1ncn2c1CNCC2. The van der Waals surface area contributed by atoms with E-state index in [-0.39, 0.29) is 0 Å². The molecule has 10 heavy (non-hydrogen) atoms. The first-order valence-corrected chi connectivity index (χ1v) is 4.07. The maximum Gasteiger partial charge on any atom is 0.128 e. The molecule has 0 saturated carbocycles. The van der Waals surface area contributed by atoms with Gasteiger partial charge in [-0.3, -0.25) is 0 Å². The van der Waals surface area contributed by atoms with Gasteiger partial charge < -0.3 is 9.88 Å². The van der Waals surface area contributed by atoms with Crippen LogP contribution in [-0.2, 0) is 13.1 Å². The molecule has 2 heterocycles. The summed E-state index contributed by atoms with van der Waals surface area (Å²) in [5, 5.41) is 3.28. The van der Waals surface area contributed by atoms with Crippen LogP contribution < -0.4 is 5.32 Å². The molecule has 0 aromatic carbocycles. The molecule has 0 bridgehead atoms. The zero-order valence-electron chi connectivity index (χ0n) is 5.47. The zero-order valence-corrected chi connectivity index (χ0v) is 7.06. The van der Waals surface area contributed by atoms with Gasteiger partial charge in [0.15, 0.2) is 0 Å². The molecule has 0 amide bonds. The normalized spacial score (nSPS) is 16.9. The summed E-state index contributed by atoms with van der Waals surface area (Å²) in [7, 11) is 0. The number of rotatable bonds is 0. The Labute approximate surface area is 67.6 Å². The number of aromatic nitrogens is 2. The third-order valence-corrected chi connectivity index (χ3v) is 2.38. The van der Waals surface area contributed by atoms with E-state index in [1.165, 1.54) is 5.69 Å². The van der Waals surface area contributed by atoms with Crippen molar-refractivity contribution in [3.63, 3.8) is 0 Å². The third kappa shape index (κ3) is 0.876. The summed E-state index contributed by atoms with van der Waals surface area (Å²) >= 11 is 3.38. The van der Waals surface area contributed by atoms with E-state index in [4.69, 9.17) is 0 Å². The van der Waals surface area contributed by atoms with Crippen molar-refractivity contribution in [2.75, 3.05) is 6.54 Å². The second-order valence-corrected chi connectivity index (χ2v) is 3.10. The number of nitrogens with one attached hydrogen (secondary N) is 1. The van der Waals surface area contributed by atoms with E-state index < -0.39 is 0 Å². The fraction of sp³-hybridized carbons (Fsp3) is 0.500. The predicted octanol–water partition coefficient (Wildman–Crippen LogP) is 0.749. The van der Waals surface area contributed by atoms with Crippen LogP contribution in [0.15, 0.2) is 10.9 Å². The van der Waals surface area contributed by atoms with Gasteiger partial charge in [0.2, 0.25) is 0 Å². The van der Waals surface area contributed by atoms with Gasteiger partial charge in [0, 0.05) is 19.6 Å². The lowest BCUT2D eigenvalue weighted by Crippen LogP contribution is -2.27. The van der Waals surface area contributed by atoms with Crippen LogP contribution in [0.2, 0.25) is 0 Å². The summed E-state index contributed by atoms with van der Waals surface area (Å²) < 4.78 is 3.14. The number of nitrogens with zero attached hydrogens (tertiary/aromatic N) is 2. The highest BCUT2D eigenvalue weighted by Crippen LogP contribution is 2.15. The van der Waals surface area contributed by atoms with Gasteiger partial charge in [0.1, 0.15) is 4.60 Å². The second kappa shape index (κ2) is 2.36. The van der Waals surface area contributed by atoms with E-state index in [1.807, 2.05) is 6.33 Å². The summed E-state index contributed by atoms with van der Waals surface area (Å²) in [5.74, 6) is 0. The van der Waals surface area contributed by atoms with Gasteiger partial charge in [-0.2, -0.15) is 0 Å². The lowest BCUT2D eigenvalue weighted by Gasteiger charge is -2.14. The molecule has 0 fully saturated rings. The first-order valence-electron chi connectivity index (χ1n) is 3.28. The highest BCUT2D eigenvalue weighted by atomic mass is 79.9. The van der Waals surface area contributed by atoms with Crippen molar-refractivity contribution in [3.05, 3.63) is 16.6 Å². The highest BCUT2D eigenvalue weighted by molar-refractivity contribution is 9.10. The minimum absolute atomic E-state index is 0.931. The van der Waals surface area contributed by atoms with Crippen LogP contribution in [0.3, 0.4) is 0 Å². The van der Waals surface area contributed by atoms with Crippen molar-refractivity contribution in [3.8, 4) is 0 Å². The van der Waals surface area contributed by atoms with Crippen LogP contribution in [0.25, 0.3) is 0 Å². The van der Waals surface area contributed by atoms with Gasteiger partial charge in [-0.1, -0.05) is 0 Å². The summed E-state index contributed by atoms with van der Waals surface area (Å²) in [6.45, 7) is 3.02. The highest BCUT2D eigenvalue weighted by Gasteiger charge is 2.10. The first-order chi connectivity index (χ1) is 4.88. The van der Waals surface area contributed by atoms with Gasteiger partial charge >= 0.3 is 0 Å². The maximum absolute atomic E-state index is 4.14. The molecule has 0 atom stereocenters. The van der Waals surface area contributed by atoms with E-state index in [9.17, 15) is 0 Å². The molecule has 2 rings (SSSR count). The number of hydrogen-bond acceptors (Lipinski definition) is 2. The molecule has 1 N–H and O–H groups in total. The molecule has 54 valence electrons. The van der Waals surface area contributed by atoms with Crippen LogP contribution in [0.5, 0.6) is 0 Å². The van der Waals surface area contributed by atoms with Crippen molar-refractivity contribution < 1.29 is 0 Å². The van der Waals surface area contributed by atoms with Crippen LogP contribution >= 0.6 is 15.9 Å². The standard InChI is InChI=1S/C6H8BrN3/c7-6-5-3-8-1-2-10(5)4-9-6/h4,8H,1-3H2. The van der Waals surface area contributed by atoms with Crippen molar-refractivity contribution in [2.24, 2.45) is 0 Å². The lowest BCUT2D eigenvalue weighted by atomic mass is 10.4. The number of imidazole rings is 1. The van der Waals surface area contributed by atoms with E-state index >= 15 is 0 Å². The molecule has 0 unspecified atom stereocenters. The molecule has 0 spiro atoms. The average Bonchev–Trinajstić information content (AvgIpc) is 2.34. The smallest absolute Gasteiger partial charge is 0.128 e.